The van der Waals surface area contributed by atoms with Gasteiger partial charge in [0.1, 0.15) is 0 Å². The number of carbonyl (C=O) groups is 1. The van der Waals surface area contributed by atoms with Crippen LogP contribution in [0.3, 0.4) is 0 Å². The number of hydrogen-bond acceptors (Lipinski definition) is 4. The fourth-order valence-corrected chi connectivity index (χ4v) is 2.07. The summed E-state index contributed by atoms with van der Waals surface area (Å²) in [6, 6.07) is 0.0159. The van der Waals surface area contributed by atoms with Gasteiger partial charge in [0, 0.05) is 19.3 Å². The average Bonchev–Trinajstić information content (AvgIpc) is 3.11. The smallest absolute Gasteiger partial charge is 0.307 e. The monoisotopic (exact) mass is 227 g/mol. The molecule has 1 saturated heterocycles. The number of hydrogen-bond donors (Lipinski definition) is 1. The lowest BCUT2D eigenvalue weighted by Gasteiger charge is -2.21. The van der Waals surface area contributed by atoms with E-state index in [-0.39, 0.29) is 12.0 Å². The fourth-order valence-electron chi connectivity index (χ4n) is 2.07. The van der Waals surface area contributed by atoms with Crippen LogP contribution in [0.15, 0.2) is 0 Å². The SMILES string of the molecule is NC(CC(=O)OCC1CCOCC1)C1CC1. The molecular weight excluding hydrogens is 206 g/mol. The number of ether oxygens (including phenoxy) is 2. The molecule has 1 aliphatic carbocycles. The minimum atomic E-state index is -0.133. The van der Waals surface area contributed by atoms with Crippen LogP contribution in [0.5, 0.6) is 0 Å². The van der Waals surface area contributed by atoms with Gasteiger partial charge in [-0.05, 0) is 37.5 Å². The van der Waals surface area contributed by atoms with E-state index in [4.69, 9.17) is 15.2 Å². The summed E-state index contributed by atoms with van der Waals surface area (Å²) in [4.78, 5) is 11.5. The number of carbonyl (C=O) groups excluding carboxylic acids is 1. The zero-order valence-corrected chi connectivity index (χ0v) is 9.69. The maximum Gasteiger partial charge on any atom is 0.307 e. The van der Waals surface area contributed by atoms with Crippen molar-refractivity contribution in [3.63, 3.8) is 0 Å². The van der Waals surface area contributed by atoms with Gasteiger partial charge in [-0.25, -0.2) is 0 Å². The predicted octanol–water partition coefficient (Wildman–Crippen LogP) is 1.08. The van der Waals surface area contributed by atoms with Crippen molar-refractivity contribution < 1.29 is 14.3 Å². The molecule has 0 bridgehead atoms. The van der Waals surface area contributed by atoms with Crippen LogP contribution >= 0.6 is 0 Å². The van der Waals surface area contributed by atoms with Crippen molar-refractivity contribution in [2.24, 2.45) is 17.6 Å². The molecule has 16 heavy (non-hydrogen) atoms. The van der Waals surface area contributed by atoms with Gasteiger partial charge in [-0.15, -0.1) is 0 Å². The van der Waals surface area contributed by atoms with Crippen molar-refractivity contribution in [3.8, 4) is 0 Å². The molecule has 2 fully saturated rings. The normalized spacial score (nSPS) is 24.1. The summed E-state index contributed by atoms with van der Waals surface area (Å²) in [7, 11) is 0. The van der Waals surface area contributed by atoms with Crippen LogP contribution in [0, 0.1) is 11.8 Å². The summed E-state index contributed by atoms with van der Waals surface area (Å²) in [5.41, 5.74) is 5.87. The summed E-state index contributed by atoms with van der Waals surface area (Å²) in [6.07, 6.45) is 4.74. The first-order chi connectivity index (χ1) is 7.75. The van der Waals surface area contributed by atoms with Crippen LogP contribution < -0.4 is 5.73 Å². The van der Waals surface area contributed by atoms with Crippen molar-refractivity contribution in [1.29, 1.82) is 0 Å². The summed E-state index contributed by atoms with van der Waals surface area (Å²) in [5, 5.41) is 0. The van der Waals surface area contributed by atoms with Gasteiger partial charge in [0.25, 0.3) is 0 Å². The summed E-state index contributed by atoms with van der Waals surface area (Å²) in [6.45, 7) is 2.13. The number of esters is 1. The molecule has 1 heterocycles. The van der Waals surface area contributed by atoms with Crippen molar-refractivity contribution >= 4 is 5.97 Å². The lowest BCUT2D eigenvalue weighted by atomic mass is 10.0. The Labute approximate surface area is 96.5 Å². The van der Waals surface area contributed by atoms with E-state index in [0.29, 0.717) is 24.9 Å². The standard InChI is InChI=1S/C12H21NO3/c13-11(10-1-2-10)7-12(14)16-8-9-3-5-15-6-4-9/h9-11H,1-8,13H2. The third kappa shape index (κ3) is 3.76. The van der Waals surface area contributed by atoms with Crippen molar-refractivity contribution in [3.05, 3.63) is 0 Å². The van der Waals surface area contributed by atoms with Crippen LogP contribution in [0.1, 0.15) is 32.1 Å². The molecule has 0 amide bonds. The minimum absolute atomic E-state index is 0.0159. The Morgan fingerprint density at radius 1 is 1.31 bits per heavy atom. The average molecular weight is 227 g/mol. The first-order valence-electron chi connectivity index (χ1n) is 6.24. The zero-order chi connectivity index (χ0) is 11.4. The zero-order valence-electron chi connectivity index (χ0n) is 9.69. The molecule has 0 aromatic rings. The van der Waals surface area contributed by atoms with Crippen LogP contribution in [0.4, 0.5) is 0 Å². The van der Waals surface area contributed by atoms with Gasteiger partial charge in [-0.1, -0.05) is 0 Å². The molecule has 2 aliphatic rings. The molecule has 4 heteroatoms. The first kappa shape index (κ1) is 11.9. The molecule has 0 spiro atoms. The number of rotatable bonds is 5. The Hall–Kier alpha value is -0.610. The molecule has 0 aromatic heterocycles. The highest BCUT2D eigenvalue weighted by atomic mass is 16.5. The molecule has 2 N–H and O–H groups in total. The van der Waals surface area contributed by atoms with Gasteiger partial charge >= 0.3 is 5.97 Å². The second kappa shape index (κ2) is 5.64. The van der Waals surface area contributed by atoms with E-state index < -0.39 is 0 Å². The van der Waals surface area contributed by atoms with Gasteiger partial charge in [0.2, 0.25) is 0 Å². The third-order valence-electron chi connectivity index (χ3n) is 3.45. The maximum absolute atomic E-state index is 11.5. The molecule has 2 rings (SSSR count). The summed E-state index contributed by atoms with van der Waals surface area (Å²) in [5.74, 6) is 0.913. The highest BCUT2D eigenvalue weighted by Gasteiger charge is 2.30. The molecular formula is C12H21NO3. The molecule has 4 nitrogen and oxygen atoms in total. The van der Waals surface area contributed by atoms with Gasteiger partial charge < -0.3 is 15.2 Å². The lowest BCUT2D eigenvalue weighted by molar-refractivity contribution is -0.146. The molecule has 1 saturated carbocycles. The maximum atomic E-state index is 11.5. The van der Waals surface area contributed by atoms with Crippen LogP contribution in [0.2, 0.25) is 0 Å². The Morgan fingerprint density at radius 3 is 2.62 bits per heavy atom. The van der Waals surface area contributed by atoms with Crippen LogP contribution in [0.25, 0.3) is 0 Å². The highest BCUT2D eigenvalue weighted by molar-refractivity contribution is 5.70. The minimum Gasteiger partial charge on any atom is -0.465 e. The van der Waals surface area contributed by atoms with E-state index in [0.717, 1.165) is 26.1 Å². The van der Waals surface area contributed by atoms with E-state index in [1.165, 1.54) is 12.8 Å². The second-order valence-electron chi connectivity index (χ2n) is 4.94. The molecule has 92 valence electrons. The Kier molecular flexibility index (Phi) is 4.18. The van der Waals surface area contributed by atoms with Crippen molar-refractivity contribution in [2.75, 3.05) is 19.8 Å². The van der Waals surface area contributed by atoms with Crippen molar-refractivity contribution in [1.82, 2.24) is 0 Å². The number of nitrogens with two attached hydrogens (primary N) is 1. The van der Waals surface area contributed by atoms with Crippen LogP contribution in [-0.4, -0.2) is 31.8 Å². The molecule has 1 unspecified atom stereocenters. The summed E-state index contributed by atoms with van der Waals surface area (Å²) < 4.78 is 10.5. The molecule has 0 radical (unpaired) electrons. The highest BCUT2D eigenvalue weighted by Crippen LogP contribution is 2.32. The Balaban J connectivity index is 1.58. The summed E-state index contributed by atoms with van der Waals surface area (Å²) >= 11 is 0. The fraction of sp³-hybridized carbons (Fsp3) is 0.917. The first-order valence-corrected chi connectivity index (χ1v) is 6.24. The topological polar surface area (TPSA) is 61.6 Å². The molecule has 0 aromatic carbocycles. The lowest BCUT2D eigenvalue weighted by Crippen LogP contribution is -2.28. The molecule has 1 aliphatic heterocycles. The predicted molar refractivity (Wildman–Crippen MR) is 59.8 cm³/mol. The quantitative estimate of drug-likeness (QED) is 0.714. The van der Waals surface area contributed by atoms with Gasteiger partial charge in [-0.2, -0.15) is 0 Å². The third-order valence-corrected chi connectivity index (χ3v) is 3.45. The van der Waals surface area contributed by atoms with Crippen LogP contribution in [-0.2, 0) is 14.3 Å². The van der Waals surface area contributed by atoms with Gasteiger partial charge in [0.05, 0.1) is 13.0 Å². The van der Waals surface area contributed by atoms with E-state index in [1.54, 1.807) is 0 Å². The van der Waals surface area contributed by atoms with E-state index in [2.05, 4.69) is 0 Å². The second-order valence-corrected chi connectivity index (χ2v) is 4.94. The molecule has 1 atom stereocenters. The largest absolute Gasteiger partial charge is 0.465 e. The van der Waals surface area contributed by atoms with E-state index >= 15 is 0 Å². The van der Waals surface area contributed by atoms with Crippen molar-refractivity contribution in [2.45, 2.75) is 38.1 Å². The van der Waals surface area contributed by atoms with Gasteiger partial charge in [0.15, 0.2) is 0 Å². The Bertz CT molecular complexity index is 234. The van der Waals surface area contributed by atoms with E-state index in [9.17, 15) is 4.79 Å². The van der Waals surface area contributed by atoms with Gasteiger partial charge in [-0.3, -0.25) is 4.79 Å². The Morgan fingerprint density at radius 2 is 2.00 bits per heavy atom. The van der Waals surface area contributed by atoms with E-state index in [1.807, 2.05) is 0 Å².